The Labute approximate surface area is 125 Å². The zero-order chi connectivity index (χ0) is 13.1. The molecule has 0 spiro atoms. The first-order valence-electron chi connectivity index (χ1n) is 5.90. The number of aromatic nitrogens is 1. The van der Waals surface area contributed by atoms with E-state index in [9.17, 15) is 0 Å². The van der Waals surface area contributed by atoms with Crippen LogP contribution in [-0.2, 0) is 0 Å². The van der Waals surface area contributed by atoms with E-state index in [4.69, 9.17) is 0 Å². The van der Waals surface area contributed by atoms with Gasteiger partial charge in [0.15, 0.2) is 0 Å². The molecule has 1 aromatic heterocycles. The number of nitrogens with zero attached hydrogens (tertiary/aromatic N) is 1. The highest BCUT2D eigenvalue weighted by molar-refractivity contribution is 9.11. The van der Waals surface area contributed by atoms with Crippen molar-refractivity contribution in [2.45, 2.75) is 24.6 Å². The Balaban J connectivity index is 2.31. The van der Waals surface area contributed by atoms with Gasteiger partial charge in [0.1, 0.15) is 0 Å². The number of rotatable bonds is 3. The molecule has 0 bridgehead atoms. The number of hydrogen-bond acceptors (Lipinski definition) is 1. The number of benzene rings is 1. The van der Waals surface area contributed by atoms with Gasteiger partial charge >= 0.3 is 0 Å². The van der Waals surface area contributed by atoms with Crippen LogP contribution >= 0.6 is 31.9 Å². The summed E-state index contributed by atoms with van der Waals surface area (Å²) in [5.74, 6) is 0.323. The summed E-state index contributed by atoms with van der Waals surface area (Å²) in [7, 11) is 0. The lowest BCUT2D eigenvalue weighted by Crippen LogP contribution is -2.05. The highest BCUT2D eigenvalue weighted by atomic mass is 79.9. The lowest BCUT2D eigenvalue weighted by molar-refractivity contribution is 0.722. The van der Waals surface area contributed by atoms with Gasteiger partial charge in [-0.15, -0.1) is 0 Å². The maximum absolute atomic E-state index is 4.43. The second-order valence-electron chi connectivity index (χ2n) is 4.47. The second kappa shape index (κ2) is 5.98. The van der Waals surface area contributed by atoms with E-state index >= 15 is 0 Å². The van der Waals surface area contributed by atoms with E-state index in [1.165, 1.54) is 11.1 Å². The normalized spacial score (nSPS) is 14.2. The summed E-state index contributed by atoms with van der Waals surface area (Å²) in [6.07, 6.45) is 1.84. The highest BCUT2D eigenvalue weighted by Crippen LogP contribution is 2.40. The first-order chi connectivity index (χ1) is 8.59. The van der Waals surface area contributed by atoms with Crippen molar-refractivity contribution < 1.29 is 0 Å². The first-order valence-corrected chi connectivity index (χ1v) is 7.61. The Kier molecular flexibility index (Phi) is 4.57. The minimum atomic E-state index is 0.252. The number of hydrogen-bond donors (Lipinski definition) is 0. The average molecular weight is 369 g/mol. The third-order valence-corrected chi connectivity index (χ3v) is 5.05. The van der Waals surface area contributed by atoms with Crippen molar-refractivity contribution >= 4 is 31.9 Å². The van der Waals surface area contributed by atoms with E-state index < -0.39 is 0 Å². The molecule has 0 saturated heterocycles. The standard InChI is InChI=1S/C15H15Br2N/c1-10-6-7-13(16)12(9-10)15(17)11(2)14-5-3-4-8-18-14/h3-9,11,15H,1-2H3. The van der Waals surface area contributed by atoms with Crippen LogP contribution in [0.5, 0.6) is 0 Å². The Hall–Kier alpha value is -0.670. The summed E-state index contributed by atoms with van der Waals surface area (Å²) in [6.45, 7) is 4.30. The van der Waals surface area contributed by atoms with Crippen LogP contribution < -0.4 is 0 Å². The third-order valence-electron chi connectivity index (χ3n) is 3.04. The Morgan fingerprint density at radius 1 is 1.17 bits per heavy atom. The molecule has 18 heavy (non-hydrogen) atoms. The Morgan fingerprint density at radius 3 is 2.61 bits per heavy atom. The molecule has 3 heteroatoms. The largest absolute Gasteiger partial charge is 0.261 e. The number of alkyl halides is 1. The van der Waals surface area contributed by atoms with Crippen molar-refractivity contribution in [3.8, 4) is 0 Å². The lowest BCUT2D eigenvalue weighted by Gasteiger charge is -2.20. The lowest BCUT2D eigenvalue weighted by atomic mass is 9.96. The van der Waals surface area contributed by atoms with E-state index in [1.54, 1.807) is 0 Å². The third kappa shape index (κ3) is 3.01. The zero-order valence-corrected chi connectivity index (χ0v) is 13.6. The highest BCUT2D eigenvalue weighted by Gasteiger charge is 2.20. The molecule has 2 unspecified atom stereocenters. The molecule has 94 valence electrons. The van der Waals surface area contributed by atoms with E-state index in [2.05, 4.69) is 75.0 Å². The molecular weight excluding hydrogens is 354 g/mol. The van der Waals surface area contributed by atoms with Gasteiger partial charge in [-0.05, 0) is 30.7 Å². The quantitative estimate of drug-likeness (QED) is 0.661. The van der Waals surface area contributed by atoms with Gasteiger partial charge in [0.25, 0.3) is 0 Å². The minimum absolute atomic E-state index is 0.252. The van der Waals surface area contributed by atoms with Crippen LogP contribution in [0.2, 0.25) is 0 Å². The molecule has 0 fully saturated rings. The van der Waals surface area contributed by atoms with Gasteiger partial charge in [-0.2, -0.15) is 0 Å². The van der Waals surface area contributed by atoms with E-state index in [0.29, 0.717) is 5.92 Å². The fourth-order valence-electron chi connectivity index (χ4n) is 1.94. The Bertz CT molecular complexity index is 525. The molecule has 1 heterocycles. The second-order valence-corrected chi connectivity index (χ2v) is 6.31. The first kappa shape index (κ1) is 13.8. The average Bonchev–Trinajstić information content (AvgIpc) is 2.41. The van der Waals surface area contributed by atoms with Gasteiger partial charge in [0, 0.05) is 27.1 Å². The topological polar surface area (TPSA) is 12.9 Å². The monoisotopic (exact) mass is 367 g/mol. The predicted octanol–water partition coefficient (Wildman–Crippen LogP) is 5.39. The van der Waals surface area contributed by atoms with Crippen molar-refractivity contribution in [1.29, 1.82) is 0 Å². The number of halogens is 2. The molecule has 1 aromatic carbocycles. The molecule has 0 aliphatic carbocycles. The predicted molar refractivity (Wildman–Crippen MR) is 83.2 cm³/mol. The van der Waals surface area contributed by atoms with Crippen molar-refractivity contribution in [1.82, 2.24) is 4.98 Å². The molecule has 0 aliphatic heterocycles. The molecule has 0 radical (unpaired) electrons. The van der Waals surface area contributed by atoms with Crippen LogP contribution in [0.3, 0.4) is 0 Å². The van der Waals surface area contributed by atoms with Gasteiger partial charge in [0.05, 0.1) is 0 Å². The number of aryl methyl sites for hydroxylation is 1. The van der Waals surface area contributed by atoms with Crippen LogP contribution in [0.15, 0.2) is 47.1 Å². The van der Waals surface area contributed by atoms with Crippen molar-refractivity contribution in [3.05, 3.63) is 63.9 Å². The summed E-state index contributed by atoms with van der Waals surface area (Å²) in [6, 6.07) is 12.5. The van der Waals surface area contributed by atoms with Crippen LogP contribution in [0.1, 0.15) is 34.5 Å². The van der Waals surface area contributed by atoms with Gasteiger partial charge in [-0.1, -0.05) is 62.5 Å². The fourth-order valence-corrected chi connectivity index (χ4v) is 3.39. The van der Waals surface area contributed by atoms with Gasteiger partial charge in [-0.3, -0.25) is 4.98 Å². The summed E-state index contributed by atoms with van der Waals surface area (Å²) in [4.78, 5) is 4.68. The molecule has 0 N–H and O–H groups in total. The summed E-state index contributed by atoms with van der Waals surface area (Å²) in [5.41, 5.74) is 3.65. The summed E-state index contributed by atoms with van der Waals surface area (Å²) >= 11 is 7.42. The van der Waals surface area contributed by atoms with E-state index in [0.717, 1.165) is 10.2 Å². The van der Waals surface area contributed by atoms with E-state index in [1.807, 2.05) is 18.3 Å². The van der Waals surface area contributed by atoms with Crippen LogP contribution in [-0.4, -0.2) is 4.98 Å². The molecule has 0 aliphatic rings. The fraction of sp³-hybridized carbons (Fsp3) is 0.267. The summed E-state index contributed by atoms with van der Waals surface area (Å²) in [5, 5.41) is 0. The smallest absolute Gasteiger partial charge is 0.0487 e. The number of pyridine rings is 1. The van der Waals surface area contributed by atoms with Gasteiger partial charge < -0.3 is 0 Å². The maximum Gasteiger partial charge on any atom is 0.0487 e. The van der Waals surface area contributed by atoms with Crippen molar-refractivity contribution in [2.24, 2.45) is 0 Å². The molecule has 2 aromatic rings. The molecular formula is C15H15Br2N. The van der Waals surface area contributed by atoms with Crippen LogP contribution in [0, 0.1) is 6.92 Å². The van der Waals surface area contributed by atoms with Crippen LogP contribution in [0.4, 0.5) is 0 Å². The van der Waals surface area contributed by atoms with Crippen molar-refractivity contribution in [2.75, 3.05) is 0 Å². The molecule has 1 nitrogen and oxygen atoms in total. The minimum Gasteiger partial charge on any atom is -0.261 e. The van der Waals surface area contributed by atoms with E-state index in [-0.39, 0.29) is 4.83 Å². The Morgan fingerprint density at radius 2 is 1.94 bits per heavy atom. The van der Waals surface area contributed by atoms with Crippen molar-refractivity contribution in [3.63, 3.8) is 0 Å². The van der Waals surface area contributed by atoms with Gasteiger partial charge in [-0.25, -0.2) is 0 Å². The molecule has 0 amide bonds. The zero-order valence-electron chi connectivity index (χ0n) is 10.4. The molecule has 0 saturated carbocycles. The maximum atomic E-state index is 4.43. The molecule has 2 atom stereocenters. The SMILES string of the molecule is Cc1ccc(Br)c(C(Br)C(C)c2ccccn2)c1. The van der Waals surface area contributed by atoms with Gasteiger partial charge in [0.2, 0.25) is 0 Å². The molecule has 2 rings (SSSR count). The summed E-state index contributed by atoms with van der Waals surface area (Å²) < 4.78 is 1.14. The van der Waals surface area contributed by atoms with Crippen LogP contribution in [0.25, 0.3) is 0 Å².